The zero-order chi connectivity index (χ0) is 69.3. The number of benzene rings is 19. The minimum atomic E-state index is 0.925. The van der Waals surface area contributed by atoms with Crippen molar-refractivity contribution in [1.29, 1.82) is 0 Å². The number of rotatable bonds is 7. The van der Waals surface area contributed by atoms with E-state index >= 15 is 0 Å². The van der Waals surface area contributed by atoms with E-state index in [1.54, 1.807) is 0 Å². The normalized spacial score (nSPS) is 11.6. The van der Waals surface area contributed by atoms with E-state index in [1.807, 2.05) is 23.5 Å². The molecule has 0 N–H and O–H groups in total. The molecule has 0 aliphatic heterocycles. The molecule has 2 nitrogen and oxygen atoms in total. The summed E-state index contributed by atoms with van der Waals surface area (Å²) >= 11 is 1.87. The number of fused-ring (bicyclic) bond motifs is 15. The minimum absolute atomic E-state index is 0.925. The molecule has 19 aromatic carbocycles. The van der Waals surface area contributed by atoms with Gasteiger partial charge in [0.25, 0.3) is 0 Å². The molecule has 22 rings (SSSR count). The van der Waals surface area contributed by atoms with Gasteiger partial charge in [-0.05, 0) is 192 Å². The lowest BCUT2D eigenvalue weighted by atomic mass is 9.86. The van der Waals surface area contributed by atoms with Crippen molar-refractivity contribution in [2.75, 3.05) is 0 Å². The monoisotopic (exact) mass is 1350 g/mol. The van der Waals surface area contributed by atoms with Gasteiger partial charge in [-0.2, -0.15) is 0 Å². The van der Waals surface area contributed by atoms with Crippen molar-refractivity contribution in [2.45, 2.75) is 0 Å². The molecule has 0 atom stereocenters. The first kappa shape index (κ1) is 61.4. The molecule has 3 aromatic heterocycles. The highest BCUT2D eigenvalue weighted by atomic mass is 32.1. The fourth-order valence-corrected chi connectivity index (χ4v) is 17.9. The van der Waals surface area contributed by atoms with Crippen LogP contribution in [0.5, 0.6) is 0 Å². The second-order valence-corrected chi connectivity index (χ2v) is 28.2. The predicted molar refractivity (Wildman–Crippen MR) is 451 cm³/mol. The summed E-state index contributed by atoms with van der Waals surface area (Å²) in [5.41, 5.74) is 20.7. The van der Waals surface area contributed by atoms with E-state index in [1.165, 1.54) is 179 Å². The predicted octanol–water partition coefficient (Wildman–Crippen LogP) is 29.3. The van der Waals surface area contributed by atoms with Gasteiger partial charge in [0, 0.05) is 47.4 Å². The highest BCUT2D eigenvalue weighted by Crippen LogP contribution is 2.49. The van der Waals surface area contributed by atoms with Gasteiger partial charge >= 0.3 is 0 Å². The first-order valence-corrected chi connectivity index (χ1v) is 36.9. The fraction of sp³-hybridized carbons (Fsp3) is 0. The SMILES string of the molecule is c1ccc(-c2c3ccccc3c(-c3ccc4c(c3)oc3ccccc34)c3ccccc23)cc1.c1ccc(-c2c3ccccc3c(-c3ccc4c5ccccc5n(-c5ccccc5)c4c3)c3ccccc23)cc1.c1ccc(-c2c3ccccc3c(-c3ccc4sc5ccccc5c4c3)c3ccccc23)cc1. The molecule has 3 heteroatoms. The lowest BCUT2D eigenvalue weighted by Gasteiger charge is -2.18. The second-order valence-electron chi connectivity index (χ2n) is 27.2. The molecule has 0 fully saturated rings. The molecule has 0 spiro atoms. The summed E-state index contributed by atoms with van der Waals surface area (Å²) in [6.45, 7) is 0. The molecule has 0 saturated heterocycles. The maximum absolute atomic E-state index is 6.23. The Morgan fingerprint density at radius 2 is 0.467 bits per heavy atom. The van der Waals surface area contributed by atoms with E-state index in [2.05, 4.69) is 387 Å². The van der Waals surface area contributed by atoms with E-state index in [-0.39, 0.29) is 0 Å². The van der Waals surface area contributed by atoms with Gasteiger partial charge in [-0.15, -0.1) is 11.3 Å². The number of hydrogen-bond acceptors (Lipinski definition) is 2. The molecule has 0 unspecified atom stereocenters. The van der Waals surface area contributed by atoms with Crippen molar-refractivity contribution in [3.63, 3.8) is 0 Å². The molecule has 3 heterocycles. The zero-order valence-electron chi connectivity index (χ0n) is 57.3. The molecule has 0 aliphatic rings. The van der Waals surface area contributed by atoms with Crippen LogP contribution in [-0.2, 0) is 0 Å². The van der Waals surface area contributed by atoms with Crippen LogP contribution in [0.1, 0.15) is 0 Å². The summed E-state index contributed by atoms with van der Waals surface area (Å²) in [6, 6.07) is 142. The van der Waals surface area contributed by atoms with Crippen LogP contribution in [0.4, 0.5) is 0 Å². The first-order valence-electron chi connectivity index (χ1n) is 36.0. The smallest absolute Gasteiger partial charge is 0.136 e. The van der Waals surface area contributed by atoms with Crippen molar-refractivity contribution in [3.8, 4) is 72.4 Å². The van der Waals surface area contributed by atoms with E-state index in [0.29, 0.717) is 0 Å². The van der Waals surface area contributed by atoms with E-state index in [4.69, 9.17) is 4.42 Å². The topological polar surface area (TPSA) is 18.1 Å². The van der Waals surface area contributed by atoms with Crippen molar-refractivity contribution in [3.05, 3.63) is 394 Å². The summed E-state index contributed by atoms with van der Waals surface area (Å²) in [5.74, 6) is 0. The molecular formula is C102H65NOS. The van der Waals surface area contributed by atoms with Gasteiger partial charge in [0.05, 0.1) is 11.0 Å². The Kier molecular flexibility index (Phi) is 15.1. The number of thiophene rings is 1. The van der Waals surface area contributed by atoms with Crippen molar-refractivity contribution in [1.82, 2.24) is 4.57 Å². The van der Waals surface area contributed by atoms with Gasteiger partial charge in [0.2, 0.25) is 0 Å². The lowest BCUT2D eigenvalue weighted by molar-refractivity contribution is 0.669. The highest BCUT2D eigenvalue weighted by Gasteiger charge is 2.23. The Hall–Kier alpha value is -13.4. The Bertz CT molecular complexity index is 6950. The lowest BCUT2D eigenvalue weighted by Crippen LogP contribution is -1.94. The number of furan rings is 1. The van der Waals surface area contributed by atoms with Gasteiger partial charge in [-0.1, -0.05) is 334 Å². The molecule has 0 bridgehead atoms. The molecule has 490 valence electrons. The van der Waals surface area contributed by atoms with E-state index in [0.717, 1.165) is 21.9 Å². The van der Waals surface area contributed by atoms with Crippen LogP contribution in [-0.4, -0.2) is 4.57 Å². The van der Waals surface area contributed by atoms with Gasteiger partial charge in [0.1, 0.15) is 11.2 Å². The van der Waals surface area contributed by atoms with Gasteiger partial charge in [-0.3, -0.25) is 0 Å². The fourth-order valence-electron chi connectivity index (χ4n) is 16.8. The molecular weight excluding hydrogens is 1290 g/mol. The Balaban J connectivity index is 0.000000105. The standard InChI is InChI=1S/C38H25N.C32H20O.C32H20S/c1-3-13-26(14-4-1)37-31-18-7-9-20-33(31)38(34-21-10-8-19-32(34)37)27-23-24-30-29-17-11-12-22-35(29)39(36(30)25-27)28-15-5-2-6-16-28;1-2-10-21(11-3-1)31-25-13-4-6-15-27(25)32(28-16-7-5-14-26(28)31)22-18-19-24-23-12-8-9-17-29(23)33-30(24)20-22;1-2-10-21(11-3-1)31-24-13-4-6-15-26(24)32(27-16-7-5-14-25(27)31)22-18-19-30-28(20-22)23-12-8-9-17-29(23)33-30/h1-25H;2*1-20H. The average Bonchev–Trinajstić information content (AvgIpc) is 1.68. The average molecular weight is 1350 g/mol. The van der Waals surface area contributed by atoms with Crippen LogP contribution in [0.25, 0.3) is 201 Å². The largest absolute Gasteiger partial charge is 0.456 e. The third kappa shape index (κ3) is 10.5. The molecule has 0 amide bonds. The van der Waals surface area contributed by atoms with E-state index < -0.39 is 0 Å². The molecule has 105 heavy (non-hydrogen) atoms. The van der Waals surface area contributed by atoms with Crippen LogP contribution in [0.15, 0.2) is 399 Å². The Labute approximate surface area is 611 Å². The summed E-state index contributed by atoms with van der Waals surface area (Å²) in [6.07, 6.45) is 0. The Morgan fingerprint density at radius 1 is 0.171 bits per heavy atom. The maximum atomic E-state index is 6.23. The van der Waals surface area contributed by atoms with E-state index in [9.17, 15) is 0 Å². The molecule has 22 aromatic rings. The quantitative estimate of drug-likeness (QED) is 0.145. The van der Waals surface area contributed by atoms with Crippen molar-refractivity contribution in [2.24, 2.45) is 0 Å². The number of para-hydroxylation sites is 3. The van der Waals surface area contributed by atoms with Crippen LogP contribution < -0.4 is 0 Å². The third-order valence-electron chi connectivity index (χ3n) is 21.3. The summed E-state index contributed by atoms with van der Waals surface area (Å²) in [4.78, 5) is 0. The van der Waals surface area contributed by atoms with Crippen molar-refractivity contribution < 1.29 is 4.42 Å². The van der Waals surface area contributed by atoms with Crippen molar-refractivity contribution >= 4 is 140 Å². The number of nitrogens with zero attached hydrogens (tertiary/aromatic N) is 1. The first-order chi connectivity index (χ1) is 52.1. The minimum Gasteiger partial charge on any atom is -0.456 e. The summed E-state index contributed by atoms with van der Waals surface area (Å²) in [7, 11) is 0. The maximum Gasteiger partial charge on any atom is 0.136 e. The Morgan fingerprint density at radius 3 is 0.914 bits per heavy atom. The number of aromatic nitrogens is 1. The molecule has 0 aliphatic carbocycles. The highest BCUT2D eigenvalue weighted by molar-refractivity contribution is 7.25. The van der Waals surface area contributed by atoms with Gasteiger partial charge in [0.15, 0.2) is 0 Å². The van der Waals surface area contributed by atoms with Gasteiger partial charge in [-0.25, -0.2) is 0 Å². The second kappa shape index (κ2) is 25.9. The molecule has 0 radical (unpaired) electrons. The van der Waals surface area contributed by atoms with Crippen LogP contribution in [0.2, 0.25) is 0 Å². The summed E-state index contributed by atoms with van der Waals surface area (Å²) in [5, 5.41) is 22.9. The van der Waals surface area contributed by atoms with Crippen LogP contribution >= 0.6 is 11.3 Å². The van der Waals surface area contributed by atoms with Crippen LogP contribution in [0.3, 0.4) is 0 Å². The van der Waals surface area contributed by atoms with Gasteiger partial charge < -0.3 is 8.98 Å². The molecule has 0 saturated carbocycles. The van der Waals surface area contributed by atoms with Crippen LogP contribution in [0, 0.1) is 0 Å². The zero-order valence-corrected chi connectivity index (χ0v) is 58.1. The number of hydrogen-bond donors (Lipinski definition) is 0. The third-order valence-corrected chi connectivity index (χ3v) is 22.4. The summed E-state index contributed by atoms with van der Waals surface area (Å²) < 4.78 is 11.3.